The van der Waals surface area contributed by atoms with Gasteiger partial charge in [0, 0.05) is 24.5 Å². The van der Waals surface area contributed by atoms with E-state index in [1.54, 1.807) is 11.3 Å². The summed E-state index contributed by atoms with van der Waals surface area (Å²) in [6.45, 7) is 4.52. The summed E-state index contributed by atoms with van der Waals surface area (Å²) < 4.78 is 2.18. The number of carbonyl (C=O) groups excluding carboxylic acids is 1. The summed E-state index contributed by atoms with van der Waals surface area (Å²) in [5.41, 5.74) is 3.56. The molecule has 0 N–H and O–H groups in total. The van der Waals surface area contributed by atoms with Gasteiger partial charge in [0.05, 0.1) is 17.6 Å². The molecule has 3 aromatic rings. The average Bonchev–Trinajstić information content (AvgIpc) is 3.32. The van der Waals surface area contributed by atoms with Crippen molar-refractivity contribution >= 4 is 29.0 Å². The molecule has 0 bridgehead atoms. The number of fused-ring (bicyclic) bond motifs is 1. The molecule has 1 aliphatic heterocycles. The van der Waals surface area contributed by atoms with Crippen molar-refractivity contribution in [3.05, 3.63) is 58.4 Å². The van der Waals surface area contributed by atoms with Crippen molar-refractivity contribution in [3.63, 3.8) is 0 Å². The van der Waals surface area contributed by atoms with E-state index < -0.39 is 0 Å². The second kappa shape index (κ2) is 7.68. The van der Waals surface area contributed by atoms with Crippen molar-refractivity contribution in [1.29, 1.82) is 0 Å². The minimum absolute atomic E-state index is 0.193. The van der Waals surface area contributed by atoms with Crippen molar-refractivity contribution in [3.8, 4) is 11.3 Å². The highest BCUT2D eigenvalue weighted by atomic mass is 32.2. The Labute approximate surface area is 161 Å². The van der Waals surface area contributed by atoms with Gasteiger partial charge in [-0.05, 0) is 35.9 Å². The molecule has 0 radical (unpaired) electrons. The van der Waals surface area contributed by atoms with Crippen LogP contribution in [0, 0.1) is 0 Å². The molecule has 0 atom stereocenters. The number of carbonyl (C=O) groups is 1. The average molecular weight is 384 g/mol. The lowest BCUT2D eigenvalue weighted by molar-refractivity contribution is -0.129. The molecule has 0 spiro atoms. The van der Waals surface area contributed by atoms with E-state index in [4.69, 9.17) is 0 Å². The van der Waals surface area contributed by atoms with Gasteiger partial charge >= 0.3 is 0 Å². The molecule has 2 aromatic heterocycles. The van der Waals surface area contributed by atoms with Crippen molar-refractivity contribution in [2.75, 3.05) is 12.3 Å². The number of nitrogens with zero attached hydrogens (tertiary/aromatic N) is 3. The van der Waals surface area contributed by atoms with Crippen LogP contribution < -0.4 is 0 Å². The Kier molecular flexibility index (Phi) is 5.13. The highest BCUT2D eigenvalue weighted by Gasteiger charge is 2.22. The quantitative estimate of drug-likeness (QED) is 0.616. The smallest absolute Gasteiger partial charge is 0.233 e. The number of rotatable bonds is 5. The van der Waals surface area contributed by atoms with E-state index in [1.807, 2.05) is 29.3 Å². The normalized spacial score (nSPS) is 13.7. The van der Waals surface area contributed by atoms with Crippen LogP contribution in [0.3, 0.4) is 0 Å². The zero-order valence-electron chi connectivity index (χ0n) is 14.7. The van der Waals surface area contributed by atoms with Gasteiger partial charge in [0.25, 0.3) is 0 Å². The number of hydrogen-bond donors (Lipinski definition) is 0. The SMILES string of the molecule is CCn1c(-c2ccccc2)cnc1SCC(=O)N1CCc2sccc2C1. The summed E-state index contributed by atoms with van der Waals surface area (Å²) >= 11 is 3.33. The Morgan fingerprint density at radius 2 is 2.12 bits per heavy atom. The molecule has 6 heteroatoms. The van der Waals surface area contributed by atoms with Crippen LogP contribution in [0.5, 0.6) is 0 Å². The highest BCUT2D eigenvalue weighted by Crippen LogP contribution is 2.28. The van der Waals surface area contributed by atoms with Crippen LogP contribution in [-0.2, 0) is 24.3 Å². The van der Waals surface area contributed by atoms with Crippen LogP contribution in [0.1, 0.15) is 17.4 Å². The lowest BCUT2D eigenvalue weighted by Crippen LogP contribution is -2.36. The lowest BCUT2D eigenvalue weighted by atomic mass is 10.1. The first kappa shape index (κ1) is 17.4. The van der Waals surface area contributed by atoms with Crippen molar-refractivity contribution in [1.82, 2.24) is 14.5 Å². The van der Waals surface area contributed by atoms with Crippen LogP contribution in [0.25, 0.3) is 11.3 Å². The molecule has 0 saturated carbocycles. The first-order valence-corrected chi connectivity index (χ1v) is 10.7. The Morgan fingerprint density at radius 3 is 2.92 bits per heavy atom. The van der Waals surface area contributed by atoms with Gasteiger partial charge in [-0.15, -0.1) is 11.3 Å². The van der Waals surface area contributed by atoms with Crippen LogP contribution in [0.4, 0.5) is 0 Å². The monoisotopic (exact) mass is 383 g/mol. The first-order chi connectivity index (χ1) is 12.8. The third-order valence-corrected chi connectivity index (χ3v) is 6.69. The summed E-state index contributed by atoms with van der Waals surface area (Å²) in [5.74, 6) is 0.629. The van der Waals surface area contributed by atoms with Crippen LogP contribution in [0.15, 0.2) is 53.1 Å². The fraction of sp³-hybridized carbons (Fsp3) is 0.300. The van der Waals surface area contributed by atoms with E-state index in [0.29, 0.717) is 5.75 Å². The van der Waals surface area contributed by atoms with Gasteiger partial charge in [0.2, 0.25) is 5.91 Å². The minimum Gasteiger partial charge on any atom is -0.337 e. The zero-order chi connectivity index (χ0) is 17.9. The van der Waals surface area contributed by atoms with E-state index in [-0.39, 0.29) is 5.91 Å². The molecule has 0 aliphatic carbocycles. The van der Waals surface area contributed by atoms with Gasteiger partial charge in [-0.1, -0.05) is 42.1 Å². The molecule has 0 fully saturated rings. The molecule has 3 heterocycles. The van der Waals surface area contributed by atoms with E-state index in [0.717, 1.165) is 42.5 Å². The Hall–Kier alpha value is -2.05. The lowest BCUT2D eigenvalue weighted by Gasteiger charge is -2.26. The van der Waals surface area contributed by atoms with E-state index >= 15 is 0 Å². The van der Waals surface area contributed by atoms with E-state index in [2.05, 4.69) is 40.1 Å². The fourth-order valence-corrected chi connectivity index (χ4v) is 5.13. The maximum absolute atomic E-state index is 12.7. The number of thioether (sulfide) groups is 1. The minimum atomic E-state index is 0.193. The van der Waals surface area contributed by atoms with Crippen molar-refractivity contribution < 1.29 is 4.79 Å². The highest BCUT2D eigenvalue weighted by molar-refractivity contribution is 7.99. The molecule has 134 valence electrons. The predicted octanol–water partition coefficient (Wildman–Crippen LogP) is 4.31. The molecule has 4 rings (SSSR count). The molecule has 0 saturated heterocycles. The number of hydrogen-bond acceptors (Lipinski definition) is 4. The van der Waals surface area contributed by atoms with Gasteiger partial charge in [-0.2, -0.15) is 0 Å². The Morgan fingerprint density at radius 1 is 1.27 bits per heavy atom. The fourth-order valence-electron chi connectivity index (χ4n) is 3.30. The number of imidazole rings is 1. The topological polar surface area (TPSA) is 38.1 Å². The maximum Gasteiger partial charge on any atom is 0.233 e. The van der Waals surface area contributed by atoms with Crippen molar-refractivity contribution in [2.24, 2.45) is 0 Å². The molecular weight excluding hydrogens is 362 g/mol. The summed E-state index contributed by atoms with van der Waals surface area (Å²) in [4.78, 5) is 20.6. The third-order valence-electron chi connectivity index (χ3n) is 4.69. The largest absolute Gasteiger partial charge is 0.337 e. The van der Waals surface area contributed by atoms with Gasteiger partial charge in [0.1, 0.15) is 0 Å². The van der Waals surface area contributed by atoms with Gasteiger partial charge in [-0.3, -0.25) is 4.79 Å². The molecule has 26 heavy (non-hydrogen) atoms. The maximum atomic E-state index is 12.7. The van der Waals surface area contributed by atoms with Crippen molar-refractivity contribution in [2.45, 2.75) is 31.6 Å². The zero-order valence-corrected chi connectivity index (χ0v) is 16.4. The van der Waals surface area contributed by atoms with E-state index in [1.165, 1.54) is 22.2 Å². The summed E-state index contributed by atoms with van der Waals surface area (Å²) in [5, 5.41) is 3.03. The second-order valence-electron chi connectivity index (χ2n) is 6.26. The Bertz CT molecular complexity index is 901. The van der Waals surface area contributed by atoms with E-state index in [9.17, 15) is 4.79 Å². The molecule has 1 aromatic carbocycles. The first-order valence-electron chi connectivity index (χ1n) is 8.83. The standard InChI is InChI=1S/C20H21N3OS2/c1-2-23-17(15-6-4-3-5-7-15)12-21-20(23)26-14-19(24)22-10-8-18-16(13-22)9-11-25-18/h3-7,9,11-12H,2,8,10,13-14H2,1H3. The molecule has 4 nitrogen and oxygen atoms in total. The summed E-state index contributed by atoms with van der Waals surface area (Å²) in [6, 6.07) is 12.4. The molecule has 0 unspecified atom stereocenters. The van der Waals surface area contributed by atoms with Crippen LogP contribution in [0.2, 0.25) is 0 Å². The van der Waals surface area contributed by atoms with Gasteiger partial charge in [-0.25, -0.2) is 4.98 Å². The summed E-state index contributed by atoms with van der Waals surface area (Å²) in [7, 11) is 0. The number of aromatic nitrogens is 2. The number of benzene rings is 1. The third kappa shape index (κ3) is 3.44. The molecular formula is C20H21N3OS2. The number of thiophene rings is 1. The molecule has 1 aliphatic rings. The number of amides is 1. The van der Waals surface area contributed by atoms with Crippen LogP contribution >= 0.6 is 23.1 Å². The van der Waals surface area contributed by atoms with Crippen LogP contribution in [-0.4, -0.2) is 32.7 Å². The molecule has 1 amide bonds. The van der Waals surface area contributed by atoms with Gasteiger partial charge in [0.15, 0.2) is 5.16 Å². The second-order valence-corrected chi connectivity index (χ2v) is 8.20. The van der Waals surface area contributed by atoms with Gasteiger partial charge < -0.3 is 9.47 Å². The predicted molar refractivity (Wildman–Crippen MR) is 108 cm³/mol. The Balaban J connectivity index is 1.44. The summed E-state index contributed by atoms with van der Waals surface area (Å²) in [6.07, 6.45) is 2.88.